The second kappa shape index (κ2) is 7.18. The summed E-state index contributed by atoms with van der Waals surface area (Å²) in [5.41, 5.74) is 0.708. The Morgan fingerprint density at radius 3 is 2.57 bits per heavy atom. The fourth-order valence-electron chi connectivity index (χ4n) is 1.95. The van der Waals surface area contributed by atoms with Gasteiger partial charge in [0.2, 0.25) is 0 Å². The molecule has 0 saturated heterocycles. The van der Waals surface area contributed by atoms with E-state index in [0.717, 1.165) is 6.54 Å². The molecule has 1 N–H and O–H groups in total. The molecule has 0 aliphatic heterocycles. The van der Waals surface area contributed by atoms with Crippen molar-refractivity contribution in [2.45, 2.75) is 20.4 Å². The first-order chi connectivity index (χ1) is 10.1. The number of nitrogens with one attached hydrogen (secondary N) is 1. The van der Waals surface area contributed by atoms with E-state index >= 15 is 0 Å². The molecule has 2 aromatic rings. The van der Waals surface area contributed by atoms with Gasteiger partial charge in [0, 0.05) is 18.2 Å². The van der Waals surface area contributed by atoms with E-state index in [1.165, 1.54) is 24.3 Å². The normalized spacial score (nSPS) is 10.9. The zero-order chi connectivity index (χ0) is 15.2. The van der Waals surface area contributed by atoms with Crippen LogP contribution >= 0.6 is 0 Å². The predicted octanol–water partition coefficient (Wildman–Crippen LogP) is 4.50. The van der Waals surface area contributed by atoms with E-state index in [0.29, 0.717) is 18.0 Å². The van der Waals surface area contributed by atoms with Gasteiger partial charge in [-0.2, -0.15) is 0 Å². The molecule has 2 nitrogen and oxygen atoms in total. The average Bonchev–Trinajstić information content (AvgIpc) is 2.42. The average molecular weight is 291 g/mol. The molecule has 4 heteroatoms. The molecule has 0 saturated carbocycles. The van der Waals surface area contributed by atoms with Gasteiger partial charge in [-0.05, 0) is 30.7 Å². The third-order valence-corrected chi connectivity index (χ3v) is 2.93. The Morgan fingerprint density at radius 2 is 1.86 bits per heavy atom. The zero-order valence-electron chi connectivity index (χ0n) is 12.2. The van der Waals surface area contributed by atoms with Gasteiger partial charge in [-0.3, -0.25) is 0 Å². The van der Waals surface area contributed by atoms with Gasteiger partial charge in [0.25, 0.3) is 0 Å². The standard InChI is InChI=1S/C17H19F2NO/c1-12(2)10-20-11-13-5-3-8-16(19)17(13)21-15-7-4-6-14(18)9-15/h3-9,12,20H,10-11H2,1-2H3. The molecule has 21 heavy (non-hydrogen) atoms. The number of benzene rings is 2. The van der Waals surface area contributed by atoms with Crippen molar-refractivity contribution in [3.63, 3.8) is 0 Å². The minimum absolute atomic E-state index is 0.138. The van der Waals surface area contributed by atoms with Gasteiger partial charge in [-0.1, -0.05) is 32.0 Å². The van der Waals surface area contributed by atoms with Gasteiger partial charge >= 0.3 is 0 Å². The third-order valence-electron chi connectivity index (χ3n) is 2.93. The molecule has 0 radical (unpaired) electrons. The van der Waals surface area contributed by atoms with E-state index in [9.17, 15) is 8.78 Å². The summed E-state index contributed by atoms with van der Waals surface area (Å²) in [7, 11) is 0. The molecule has 112 valence electrons. The van der Waals surface area contributed by atoms with Gasteiger partial charge in [0.15, 0.2) is 11.6 Å². The first-order valence-corrected chi connectivity index (χ1v) is 6.98. The molecule has 2 aromatic carbocycles. The van der Waals surface area contributed by atoms with Gasteiger partial charge in [-0.25, -0.2) is 8.78 Å². The molecule has 0 unspecified atom stereocenters. The van der Waals surface area contributed by atoms with Crippen LogP contribution < -0.4 is 10.1 Å². The van der Waals surface area contributed by atoms with Crippen LogP contribution in [0.4, 0.5) is 8.78 Å². The Morgan fingerprint density at radius 1 is 1.10 bits per heavy atom. The molecular formula is C17H19F2NO. The molecule has 0 aliphatic carbocycles. The summed E-state index contributed by atoms with van der Waals surface area (Å²) in [5.74, 6) is 0.0575. The highest BCUT2D eigenvalue weighted by Gasteiger charge is 2.11. The SMILES string of the molecule is CC(C)CNCc1cccc(F)c1Oc1cccc(F)c1. The first kappa shape index (κ1) is 15.4. The van der Waals surface area contributed by atoms with Crippen molar-refractivity contribution in [1.29, 1.82) is 0 Å². The van der Waals surface area contributed by atoms with Crippen molar-refractivity contribution in [3.05, 3.63) is 59.7 Å². The fraction of sp³-hybridized carbons (Fsp3) is 0.294. The Labute approximate surface area is 123 Å². The van der Waals surface area contributed by atoms with Crippen LogP contribution in [0.1, 0.15) is 19.4 Å². The van der Waals surface area contributed by atoms with Crippen LogP contribution in [-0.4, -0.2) is 6.54 Å². The summed E-state index contributed by atoms with van der Waals surface area (Å²) in [4.78, 5) is 0. The summed E-state index contributed by atoms with van der Waals surface area (Å²) in [6, 6.07) is 10.5. The molecule has 0 amide bonds. The van der Waals surface area contributed by atoms with Crippen molar-refractivity contribution in [2.24, 2.45) is 5.92 Å². The van der Waals surface area contributed by atoms with Crippen LogP contribution in [0.3, 0.4) is 0 Å². The second-order valence-electron chi connectivity index (χ2n) is 5.31. The van der Waals surface area contributed by atoms with Gasteiger partial charge in [0.05, 0.1) is 0 Å². The smallest absolute Gasteiger partial charge is 0.167 e. The van der Waals surface area contributed by atoms with Crippen molar-refractivity contribution in [3.8, 4) is 11.5 Å². The predicted molar refractivity (Wildman–Crippen MR) is 79.4 cm³/mol. The Bertz CT molecular complexity index is 599. The summed E-state index contributed by atoms with van der Waals surface area (Å²) in [6.45, 7) is 5.53. The van der Waals surface area contributed by atoms with Gasteiger partial charge in [0.1, 0.15) is 11.6 Å². The van der Waals surface area contributed by atoms with Gasteiger partial charge in [-0.15, -0.1) is 0 Å². The van der Waals surface area contributed by atoms with Crippen LogP contribution in [0.25, 0.3) is 0 Å². The first-order valence-electron chi connectivity index (χ1n) is 6.98. The second-order valence-corrected chi connectivity index (χ2v) is 5.31. The van der Waals surface area contributed by atoms with Crippen LogP contribution in [0.2, 0.25) is 0 Å². The van der Waals surface area contributed by atoms with E-state index in [1.807, 2.05) is 0 Å². The van der Waals surface area contributed by atoms with E-state index < -0.39 is 11.6 Å². The molecule has 0 aromatic heterocycles. The van der Waals surface area contributed by atoms with E-state index in [4.69, 9.17) is 4.74 Å². The van der Waals surface area contributed by atoms with Crippen molar-refractivity contribution in [1.82, 2.24) is 5.32 Å². The number of ether oxygens (including phenoxy) is 1. The molecule has 0 fully saturated rings. The molecule has 2 rings (SSSR count). The molecule has 0 heterocycles. The maximum atomic E-state index is 14.0. The fourth-order valence-corrected chi connectivity index (χ4v) is 1.95. The van der Waals surface area contributed by atoms with Crippen molar-refractivity contribution in [2.75, 3.05) is 6.54 Å². The Hall–Kier alpha value is -1.94. The highest BCUT2D eigenvalue weighted by molar-refractivity contribution is 5.39. The Balaban J connectivity index is 2.17. The van der Waals surface area contributed by atoms with E-state index in [1.54, 1.807) is 18.2 Å². The van der Waals surface area contributed by atoms with Crippen LogP contribution in [-0.2, 0) is 6.54 Å². The summed E-state index contributed by atoms with van der Waals surface area (Å²) in [5, 5.41) is 3.25. The Kier molecular flexibility index (Phi) is 5.28. The minimum Gasteiger partial charge on any atom is -0.454 e. The molecular weight excluding hydrogens is 272 g/mol. The number of para-hydroxylation sites is 1. The molecule has 0 bridgehead atoms. The third kappa shape index (κ3) is 4.53. The lowest BCUT2D eigenvalue weighted by Gasteiger charge is -2.13. The minimum atomic E-state index is -0.455. The maximum Gasteiger partial charge on any atom is 0.167 e. The lowest BCUT2D eigenvalue weighted by atomic mass is 10.1. The van der Waals surface area contributed by atoms with E-state index in [-0.39, 0.29) is 11.5 Å². The summed E-state index contributed by atoms with van der Waals surface area (Å²) in [6.07, 6.45) is 0. The number of hydrogen-bond donors (Lipinski definition) is 1. The van der Waals surface area contributed by atoms with Crippen molar-refractivity contribution >= 4 is 0 Å². The summed E-state index contributed by atoms with van der Waals surface area (Å²) < 4.78 is 32.7. The zero-order valence-corrected chi connectivity index (χ0v) is 12.2. The number of hydrogen-bond acceptors (Lipinski definition) is 2. The van der Waals surface area contributed by atoms with Crippen molar-refractivity contribution < 1.29 is 13.5 Å². The highest BCUT2D eigenvalue weighted by atomic mass is 19.1. The molecule has 0 atom stereocenters. The monoisotopic (exact) mass is 291 g/mol. The lowest BCUT2D eigenvalue weighted by molar-refractivity contribution is 0.428. The largest absolute Gasteiger partial charge is 0.454 e. The van der Waals surface area contributed by atoms with Gasteiger partial charge < -0.3 is 10.1 Å². The highest BCUT2D eigenvalue weighted by Crippen LogP contribution is 2.28. The number of rotatable bonds is 6. The number of halogens is 2. The molecule has 0 spiro atoms. The van der Waals surface area contributed by atoms with Crippen LogP contribution in [0.5, 0.6) is 11.5 Å². The van der Waals surface area contributed by atoms with Crippen LogP contribution in [0.15, 0.2) is 42.5 Å². The maximum absolute atomic E-state index is 14.0. The summed E-state index contributed by atoms with van der Waals surface area (Å²) >= 11 is 0. The van der Waals surface area contributed by atoms with E-state index in [2.05, 4.69) is 19.2 Å². The topological polar surface area (TPSA) is 21.3 Å². The van der Waals surface area contributed by atoms with Crippen LogP contribution in [0, 0.1) is 17.6 Å². The quantitative estimate of drug-likeness (QED) is 0.846. The molecule has 0 aliphatic rings. The lowest BCUT2D eigenvalue weighted by Crippen LogP contribution is -2.19.